The Labute approximate surface area is 159 Å². The summed E-state index contributed by atoms with van der Waals surface area (Å²) in [6.45, 7) is 0.328. The highest BCUT2D eigenvalue weighted by Crippen LogP contribution is 2.52. The van der Waals surface area contributed by atoms with Crippen LogP contribution in [-0.2, 0) is 14.3 Å². The second-order valence-corrected chi connectivity index (χ2v) is 7.66. The molecule has 0 spiro atoms. The van der Waals surface area contributed by atoms with Gasteiger partial charge in [-0.05, 0) is 43.4 Å². The number of nitrogens with one attached hydrogen (secondary N) is 1. The number of rotatable bonds is 4. The minimum Gasteiger partial charge on any atom is -0.467 e. The molecule has 1 aliphatic heterocycles. The predicted octanol–water partition coefficient (Wildman–Crippen LogP) is 2.50. The van der Waals surface area contributed by atoms with Gasteiger partial charge in [-0.25, -0.2) is 9.59 Å². The SMILES string of the molecule is COC(=O)[C@@]1(NC(=O)C2CCCCN2C(=O)O)C[C@H]1c1ccc(Br)cc1. The largest absolute Gasteiger partial charge is 0.467 e. The highest BCUT2D eigenvalue weighted by molar-refractivity contribution is 9.10. The van der Waals surface area contributed by atoms with Crippen molar-refractivity contribution in [2.45, 2.75) is 43.2 Å². The van der Waals surface area contributed by atoms with Crippen LogP contribution in [0.4, 0.5) is 4.79 Å². The third-order valence-corrected chi connectivity index (χ3v) is 5.71. The summed E-state index contributed by atoms with van der Waals surface area (Å²) in [6, 6.07) is 6.79. The zero-order chi connectivity index (χ0) is 18.9. The van der Waals surface area contributed by atoms with E-state index in [0.29, 0.717) is 19.4 Å². The number of halogens is 1. The number of nitrogens with zero attached hydrogens (tertiary/aromatic N) is 1. The lowest BCUT2D eigenvalue weighted by molar-refractivity contribution is -0.147. The first-order valence-electron chi connectivity index (χ1n) is 8.54. The van der Waals surface area contributed by atoms with Gasteiger partial charge in [-0.1, -0.05) is 28.1 Å². The summed E-state index contributed by atoms with van der Waals surface area (Å²) in [6.07, 6.45) is 1.30. The van der Waals surface area contributed by atoms with Gasteiger partial charge in [0.25, 0.3) is 0 Å². The molecule has 1 aromatic rings. The second-order valence-electron chi connectivity index (χ2n) is 6.75. The number of methoxy groups -OCH3 is 1. The zero-order valence-electron chi connectivity index (χ0n) is 14.4. The Kier molecular flexibility index (Phi) is 5.22. The molecule has 1 heterocycles. The minimum absolute atomic E-state index is 0.186. The number of benzene rings is 1. The Morgan fingerprint density at radius 3 is 2.58 bits per heavy atom. The van der Waals surface area contributed by atoms with E-state index in [1.54, 1.807) is 0 Å². The number of carbonyl (C=O) groups excluding carboxylic acids is 2. The van der Waals surface area contributed by atoms with Crippen LogP contribution in [0.2, 0.25) is 0 Å². The fraction of sp³-hybridized carbons (Fsp3) is 0.500. The van der Waals surface area contributed by atoms with Gasteiger partial charge in [0, 0.05) is 16.9 Å². The summed E-state index contributed by atoms with van der Waals surface area (Å²) in [5.41, 5.74) is -0.195. The Morgan fingerprint density at radius 2 is 1.96 bits per heavy atom. The second kappa shape index (κ2) is 7.26. The van der Waals surface area contributed by atoms with Crippen LogP contribution in [-0.4, -0.2) is 53.2 Å². The van der Waals surface area contributed by atoms with Crippen LogP contribution in [0.1, 0.15) is 37.2 Å². The number of esters is 1. The van der Waals surface area contributed by atoms with Gasteiger partial charge in [0.2, 0.25) is 5.91 Å². The molecule has 2 aliphatic rings. The van der Waals surface area contributed by atoms with E-state index in [2.05, 4.69) is 21.2 Å². The number of piperidine rings is 1. The van der Waals surface area contributed by atoms with E-state index in [1.807, 2.05) is 24.3 Å². The van der Waals surface area contributed by atoms with Crippen molar-refractivity contribution in [3.63, 3.8) is 0 Å². The van der Waals surface area contributed by atoms with Crippen LogP contribution in [0.25, 0.3) is 0 Å². The van der Waals surface area contributed by atoms with Gasteiger partial charge >= 0.3 is 12.1 Å². The van der Waals surface area contributed by atoms with E-state index < -0.39 is 29.6 Å². The first-order chi connectivity index (χ1) is 12.4. The summed E-state index contributed by atoms with van der Waals surface area (Å²) in [7, 11) is 1.29. The summed E-state index contributed by atoms with van der Waals surface area (Å²) >= 11 is 3.38. The van der Waals surface area contributed by atoms with Crippen LogP contribution < -0.4 is 5.32 Å². The number of carboxylic acid groups (broad SMARTS) is 1. The van der Waals surface area contributed by atoms with Gasteiger partial charge in [0.15, 0.2) is 0 Å². The lowest BCUT2D eigenvalue weighted by Gasteiger charge is -2.33. The van der Waals surface area contributed by atoms with Crippen LogP contribution in [0.3, 0.4) is 0 Å². The molecule has 3 rings (SSSR count). The maximum absolute atomic E-state index is 12.8. The molecule has 2 amide bonds. The fourth-order valence-corrected chi connectivity index (χ4v) is 3.96. The molecule has 1 saturated heterocycles. The molecule has 0 bridgehead atoms. The number of carbonyl (C=O) groups is 3. The standard InChI is InChI=1S/C18H21BrN2O5/c1-26-16(23)18(10-13(18)11-5-7-12(19)8-6-11)20-15(22)14-4-2-3-9-21(14)17(24)25/h5-8,13-14H,2-4,9-10H2,1H3,(H,20,22)(H,24,25)/t13-,14?,18+/m0/s1. The van der Waals surface area contributed by atoms with E-state index in [4.69, 9.17) is 4.74 Å². The topological polar surface area (TPSA) is 95.9 Å². The van der Waals surface area contributed by atoms with Crippen molar-refractivity contribution in [1.82, 2.24) is 10.2 Å². The first-order valence-corrected chi connectivity index (χ1v) is 9.34. The Morgan fingerprint density at radius 1 is 1.27 bits per heavy atom. The molecule has 140 valence electrons. The molecule has 8 heteroatoms. The molecular formula is C18H21BrN2O5. The average molecular weight is 425 g/mol. The normalized spacial score (nSPS) is 27.5. The van der Waals surface area contributed by atoms with Crippen LogP contribution >= 0.6 is 15.9 Å². The zero-order valence-corrected chi connectivity index (χ0v) is 16.0. The first kappa shape index (κ1) is 18.7. The highest BCUT2D eigenvalue weighted by atomic mass is 79.9. The lowest BCUT2D eigenvalue weighted by atomic mass is 10.0. The van der Waals surface area contributed by atoms with Crippen molar-refractivity contribution in [3.8, 4) is 0 Å². The highest BCUT2D eigenvalue weighted by Gasteiger charge is 2.63. The van der Waals surface area contributed by atoms with Crippen molar-refractivity contribution >= 4 is 33.9 Å². The van der Waals surface area contributed by atoms with Crippen molar-refractivity contribution in [3.05, 3.63) is 34.3 Å². The average Bonchev–Trinajstić information content (AvgIpc) is 3.36. The van der Waals surface area contributed by atoms with Gasteiger partial charge in [0.05, 0.1) is 7.11 Å². The van der Waals surface area contributed by atoms with E-state index >= 15 is 0 Å². The molecule has 0 aromatic heterocycles. The lowest BCUT2D eigenvalue weighted by Crippen LogP contribution is -2.56. The summed E-state index contributed by atoms with van der Waals surface area (Å²) < 4.78 is 5.85. The van der Waals surface area contributed by atoms with Gasteiger partial charge in [-0.3, -0.25) is 9.69 Å². The number of hydrogen-bond acceptors (Lipinski definition) is 4. The molecule has 1 unspecified atom stereocenters. The Balaban J connectivity index is 1.79. The molecule has 2 fully saturated rings. The van der Waals surface area contributed by atoms with Gasteiger partial charge < -0.3 is 15.2 Å². The third-order valence-electron chi connectivity index (χ3n) is 5.18. The molecule has 2 N–H and O–H groups in total. The van der Waals surface area contributed by atoms with Crippen molar-refractivity contribution < 1.29 is 24.2 Å². The molecule has 1 saturated carbocycles. The monoisotopic (exact) mass is 424 g/mol. The van der Waals surface area contributed by atoms with Crippen molar-refractivity contribution in [1.29, 1.82) is 0 Å². The molecule has 1 aromatic carbocycles. The maximum atomic E-state index is 12.8. The molecular weight excluding hydrogens is 404 g/mol. The smallest absolute Gasteiger partial charge is 0.407 e. The fourth-order valence-electron chi connectivity index (χ4n) is 3.69. The third kappa shape index (κ3) is 3.42. The molecule has 3 atom stereocenters. The molecule has 1 aliphatic carbocycles. The molecule has 7 nitrogen and oxygen atoms in total. The van der Waals surface area contributed by atoms with E-state index in [-0.39, 0.29) is 5.92 Å². The molecule has 26 heavy (non-hydrogen) atoms. The quantitative estimate of drug-likeness (QED) is 0.723. The minimum atomic E-state index is -1.12. The number of hydrogen-bond donors (Lipinski definition) is 2. The maximum Gasteiger partial charge on any atom is 0.407 e. The summed E-state index contributed by atoms with van der Waals surface area (Å²) in [4.78, 5) is 37.8. The number of amides is 2. The Bertz CT molecular complexity index is 723. The van der Waals surface area contributed by atoms with E-state index in [1.165, 1.54) is 7.11 Å². The van der Waals surface area contributed by atoms with E-state index in [0.717, 1.165) is 27.8 Å². The van der Waals surface area contributed by atoms with Crippen LogP contribution in [0, 0.1) is 0 Å². The summed E-state index contributed by atoms with van der Waals surface area (Å²) in [5.74, 6) is -1.12. The van der Waals surface area contributed by atoms with Crippen LogP contribution in [0.5, 0.6) is 0 Å². The van der Waals surface area contributed by atoms with Crippen molar-refractivity contribution in [2.75, 3.05) is 13.7 Å². The van der Waals surface area contributed by atoms with Gasteiger partial charge in [-0.2, -0.15) is 0 Å². The predicted molar refractivity (Wildman–Crippen MR) is 96.8 cm³/mol. The van der Waals surface area contributed by atoms with Crippen LogP contribution in [0.15, 0.2) is 28.7 Å². The number of likely N-dealkylation sites (tertiary alicyclic amines) is 1. The van der Waals surface area contributed by atoms with E-state index in [9.17, 15) is 19.5 Å². The van der Waals surface area contributed by atoms with Crippen molar-refractivity contribution in [2.24, 2.45) is 0 Å². The number of ether oxygens (including phenoxy) is 1. The Hall–Kier alpha value is -2.09. The summed E-state index contributed by atoms with van der Waals surface area (Å²) in [5, 5.41) is 12.1. The van der Waals surface area contributed by atoms with Gasteiger partial charge in [-0.15, -0.1) is 0 Å². The molecule has 0 radical (unpaired) electrons. The van der Waals surface area contributed by atoms with Gasteiger partial charge in [0.1, 0.15) is 11.6 Å².